The van der Waals surface area contributed by atoms with Crippen LogP contribution in [0, 0.1) is 22.7 Å². The van der Waals surface area contributed by atoms with Crippen molar-refractivity contribution >= 4 is 14.3 Å². The van der Waals surface area contributed by atoms with Crippen molar-refractivity contribution in [1.29, 1.82) is 0 Å². The van der Waals surface area contributed by atoms with Gasteiger partial charge in [0.15, 0.2) is 8.32 Å². The molecule has 2 fully saturated rings. The molecule has 0 aliphatic heterocycles. The molecule has 0 N–H and O–H groups in total. The molecule has 2 bridgehead atoms. The van der Waals surface area contributed by atoms with Crippen molar-refractivity contribution in [3.8, 4) is 0 Å². The van der Waals surface area contributed by atoms with Crippen LogP contribution in [0.2, 0.25) is 18.1 Å². The number of fused-ring (bicyclic) bond motifs is 2. The number of carbonyl (C=O) groups is 1. The topological polar surface area (TPSA) is 48.0 Å². The fourth-order valence-electron chi connectivity index (χ4n) is 9.48. The summed E-state index contributed by atoms with van der Waals surface area (Å²) in [6.07, 6.45) is 3.09. The second kappa shape index (κ2) is 15.9. The van der Waals surface area contributed by atoms with Gasteiger partial charge < -0.3 is 13.9 Å². The Morgan fingerprint density at radius 3 is 1.90 bits per heavy atom. The second-order valence-corrected chi connectivity index (χ2v) is 21.3. The lowest BCUT2D eigenvalue weighted by molar-refractivity contribution is -0.169. The first kappa shape index (κ1) is 38.5. The van der Waals surface area contributed by atoms with Gasteiger partial charge in [-0.2, -0.15) is 0 Å². The van der Waals surface area contributed by atoms with Crippen LogP contribution in [0.5, 0.6) is 0 Å². The van der Waals surface area contributed by atoms with E-state index in [0.717, 1.165) is 48.6 Å². The SMILES string of the molecule is CC[Si](CC)(CC)O[C@@H](c1ccccc1)[C@@H](C(=O)OC(C)(C)C)[C@@H](c1ccccc1)N(Cc1ccccc1)C[C@]12CC[C@H](C[C@H]1OC)C2(C)C. The summed E-state index contributed by atoms with van der Waals surface area (Å²) in [6.45, 7) is 19.2. The first-order valence-electron chi connectivity index (χ1n) is 19.1. The quantitative estimate of drug-likeness (QED) is 0.110. The van der Waals surface area contributed by atoms with E-state index in [-0.39, 0.29) is 28.9 Å². The van der Waals surface area contributed by atoms with Crippen molar-refractivity contribution in [1.82, 2.24) is 4.90 Å². The molecular weight excluding hydrogens is 635 g/mol. The zero-order valence-electron chi connectivity index (χ0n) is 32.3. The largest absolute Gasteiger partial charge is 0.460 e. The minimum absolute atomic E-state index is 0.0649. The van der Waals surface area contributed by atoms with Crippen LogP contribution in [0.25, 0.3) is 0 Å². The zero-order chi connectivity index (χ0) is 36.2. The minimum atomic E-state index is -2.22. The predicted molar refractivity (Wildman–Crippen MR) is 207 cm³/mol. The van der Waals surface area contributed by atoms with E-state index >= 15 is 4.79 Å². The van der Waals surface area contributed by atoms with Gasteiger partial charge in [-0.15, -0.1) is 0 Å². The van der Waals surface area contributed by atoms with Gasteiger partial charge in [-0.25, -0.2) is 0 Å². The number of ether oxygens (including phenoxy) is 2. The Labute approximate surface area is 304 Å². The van der Waals surface area contributed by atoms with Crippen LogP contribution in [-0.2, 0) is 25.2 Å². The average Bonchev–Trinajstić information content (AvgIpc) is 3.48. The maximum atomic E-state index is 15.2. The minimum Gasteiger partial charge on any atom is -0.460 e. The third-order valence-electron chi connectivity index (χ3n) is 12.7. The molecule has 0 heterocycles. The first-order valence-corrected chi connectivity index (χ1v) is 21.7. The number of esters is 1. The number of rotatable bonds is 16. The standard InChI is InChI=1S/C44H63NO4Si/c1-10-50(11-2,12-3)49-40(35-26-20-15-21-27-35)38(41(46)48-42(4,5)6)39(34-24-18-14-19-25-34)45(31-33-22-16-13-17-23-33)32-44-29-28-36(43(44,7)8)30-37(44)47-9/h13-27,36-40H,10-12,28-32H2,1-9H3/t36-,37-,38+,39-,40+,44-/m1/s1. The molecule has 6 atom stereocenters. The lowest BCUT2D eigenvalue weighted by Gasteiger charge is -2.49. The molecule has 0 saturated heterocycles. The predicted octanol–water partition coefficient (Wildman–Crippen LogP) is 10.8. The molecule has 0 aromatic heterocycles. The number of hydrogen-bond acceptors (Lipinski definition) is 5. The van der Waals surface area contributed by atoms with Crippen molar-refractivity contribution in [3.63, 3.8) is 0 Å². The highest BCUT2D eigenvalue weighted by molar-refractivity contribution is 6.73. The lowest BCUT2D eigenvalue weighted by Crippen LogP contribution is -2.52. The monoisotopic (exact) mass is 697 g/mol. The molecule has 5 nitrogen and oxygen atoms in total. The Morgan fingerprint density at radius 1 is 0.860 bits per heavy atom. The molecule has 0 spiro atoms. The van der Waals surface area contributed by atoms with Crippen LogP contribution >= 0.6 is 0 Å². The number of nitrogens with zero attached hydrogens (tertiary/aromatic N) is 1. The van der Waals surface area contributed by atoms with E-state index in [4.69, 9.17) is 13.9 Å². The highest BCUT2D eigenvalue weighted by Gasteiger charge is 2.65. The van der Waals surface area contributed by atoms with Crippen molar-refractivity contribution in [2.45, 2.75) is 123 Å². The smallest absolute Gasteiger partial charge is 0.314 e. The molecule has 5 rings (SSSR count). The summed E-state index contributed by atoms with van der Waals surface area (Å²) in [6, 6.07) is 34.6. The maximum absolute atomic E-state index is 15.2. The third kappa shape index (κ3) is 7.84. The lowest BCUT2D eigenvalue weighted by atomic mass is 9.67. The fourth-order valence-corrected chi connectivity index (χ4v) is 12.3. The molecule has 2 saturated carbocycles. The van der Waals surface area contributed by atoms with Crippen LogP contribution in [0.1, 0.15) is 103 Å². The van der Waals surface area contributed by atoms with Gasteiger partial charge in [-0.3, -0.25) is 9.69 Å². The molecule has 2 aliphatic rings. The molecule has 50 heavy (non-hydrogen) atoms. The van der Waals surface area contributed by atoms with Gasteiger partial charge in [0.05, 0.1) is 18.2 Å². The molecule has 3 aromatic rings. The summed E-state index contributed by atoms with van der Waals surface area (Å²) in [5, 5.41) is 0. The average molecular weight is 698 g/mol. The van der Waals surface area contributed by atoms with Crippen LogP contribution in [0.4, 0.5) is 0 Å². The first-order chi connectivity index (χ1) is 23.8. The number of hydrogen-bond donors (Lipinski definition) is 0. The Balaban J connectivity index is 1.77. The Bertz CT molecular complexity index is 1490. The second-order valence-electron chi connectivity index (χ2n) is 16.6. The van der Waals surface area contributed by atoms with Crippen molar-refractivity contribution in [2.75, 3.05) is 13.7 Å². The molecule has 0 unspecified atom stereocenters. The van der Waals surface area contributed by atoms with Gasteiger partial charge >= 0.3 is 5.97 Å². The van der Waals surface area contributed by atoms with Crippen molar-refractivity contribution < 1.29 is 18.7 Å². The van der Waals surface area contributed by atoms with E-state index in [1.165, 1.54) is 12.0 Å². The van der Waals surface area contributed by atoms with Crippen LogP contribution < -0.4 is 0 Å². The number of carbonyl (C=O) groups excluding carboxylic acids is 1. The summed E-state index contributed by atoms with van der Waals surface area (Å²) in [4.78, 5) is 17.8. The van der Waals surface area contributed by atoms with E-state index in [9.17, 15) is 0 Å². The van der Waals surface area contributed by atoms with Crippen LogP contribution in [-0.4, -0.2) is 44.5 Å². The van der Waals surface area contributed by atoms with E-state index in [1.54, 1.807) is 0 Å². The number of methoxy groups -OCH3 is 1. The fraction of sp³-hybridized carbons (Fsp3) is 0.568. The van der Waals surface area contributed by atoms with E-state index in [1.807, 2.05) is 33.9 Å². The van der Waals surface area contributed by atoms with E-state index in [0.29, 0.717) is 12.5 Å². The van der Waals surface area contributed by atoms with Crippen molar-refractivity contribution in [3.05, 3.63) is 108 Å². The summed E-state index contributed by atoms with van der Waals surface area (Å²) in [5.74, 6) is -0.216. The Kier molecular flexibility index (Phi) is 12.2. The molecule has 6 heteroatoms. The highest BCUT2D eigenvalue weighted by atomic mass is 28.4. The normalized spacial score (nSPS) is 23.5. The van der Waals surface area contributed by atoms with Gasteiger partial charge in [0.25, 0.3) is 0 Å². The highest BCUT2D eigenvalue weighted by Crippen LogP contribution is 2.67. The summed E-state index contributed by atoms with van der Waals surface area (Å²) in [5.41, 5.74) is 2.73. The van der Waals surface area contributed by atoms with E-state index in [2.05, 4.69) is 124 Å². The Morgan fingerprint density at radius 2 is 1.40 bits per heavy atom. The molecule has 2 aliphatic carbocycles. The molecule has 3 aromatic carbocycles. The van der Waals surface area contributed by atoms with Crippen LogP contribution in [0.15, 0.2) is 91.0 Å². The van der Waals surface area contributed by atoms with Gasteiger partial charge in [-0.05, 0) is 86.2 Å². The molecule has 0 amide bonds. The van der Waals surface area contributed by atoms with Gasteiger partial charge in [0.2, 0.25) is 0 Å². The number of benzene rings is 3. The summed E-state index contributed by atoms with van der Waals surface area (Å²) >= 11 is 0. The summed E-state index contributed by atoms with van der Waals surface area (Å²) in [7, 11) is -0.328. The van der Waals surface area contributed by atoms with Gasteiger partial charge in [0, 0.05) is 25.6 Å². The Hall–Kier alpha value is -2.77. The zero-order valence-corrected chi connectivity index (χ0v) is 33.3. The molecule has 0 radical (unpaired) electrons. The van der Waals surface area contributed by atoms with Crippen molar-refractivity contribution in [2.24, 2.45) is 22.7 Å². The molecule has 272 valence electrons. The van der Waals surface area contributed by atoms with E-state index < -0.39 is 25.9 Å². The maximum Gasteiger partial charge on any atom is 0.314 e. The van der Waals surface area contributed by atoms with Gasteiger partial charge in [0.1, 0.15) is 11.5 Å². The molecular formula is C44H63NO4Si. The third-order valence-corrected chi connectivity index (χ3v) is 17.3. The summed E-state index contributed by atoms with van der Waals surface area (Å²) < 4.78 is 20.4. The van der Waals surface area contributed by atoms with Gasteiger partial charge in [-0.1, -0.05) is 126 Å². The van der Waals surface area contributed by atoms with Crippen LogP contribution in [0.3, 0.4) is 0 Å².